The highest BCUT2D eigenvalue weighted by molar-refractivity contribution is 8.09. The Balaban J connectivity index is 3.55. The molecule has 0 spiro atoms. The van der Waals surface area contributed by atoms with Gasteiger partial charge in [0.05, 0.1) is 6.61 Å². The van der Waals surface area contributed by atoms with Crippen molar-refractivity contribution in [3.63, 3.8) is 0 Å². The van der Waals surface area contributed by atoms with E-state index in [0.717, 1.165) is 0 Å². The molecule has 0 saturated heterocycles. The molecule has 0 aromatic carbocycles. The molecule has 0 N–H and O–H groups in total. The average molecular weight is 156 g/mol. The van der Waals surface area contributed by atoms with Crippen LogP contribution < -0.4 is 0 Å². The Morgan fingerprint density at radius 1 is 1.62 bits per heavy atom. The molecule has 0 saturated carbocycles. The van der Waals surface area contributed by atoms with Crippen LogP contribution in [0.25, 0.3) is 0 Å². The third-order valence-electron chi connectivity index (χ3n) is 0.700. The van der Waals surface area contributed by atoms with Crippen molar-refractivity contribution in [1.29, 1.82) is 0 Å². The van der Waals surface area contributed by atoms with Crippen LogP contribution in [0.4, 0.5) is 4.20 Å². The van der Waals surface area contributed by atoms with Crippen molar-refractivity contribution >= 4 is 18.4 Å². The summed E-state index contributed by atoms with van der Waals surface area (Å²) < 4.78 is 17.2. The molecule has 0 amide bonds. The van der Waals surface area contributed by atoms with Gasteiger partial charge in [0.2, 0.25) is 6.58 Å². The van der Waals surface area contributed by atoms with E-state index in [1.807, 2.05) is 0 Å². The molecule has 50 valence electrons. The summed E-state index contributed by atoms with van der Waals surface area (Å²) in [6.45, 7) is 1.00. The topological polar surface area (TPSA) is 9.23 Å². The fourth-order valence-electron chi connectivity index (χ4n) is 0.284. The van der Waals surface area contributed by atoms with Crippen LogP contribution >= 0.6 is 6.58 Å². The van der Waals surface area contributed by atoms with E-state index in [0.29, 0.717) is 12.8 Å². The fourth-order valence-corrected chi connectivity index (χ4v) is 1.17. The van der Waals surface area contributed by atoms with Gasteiger partial charge in [0.1, 0.15) is 0 Å². The maximum atomic E-state index is 12.5. The van der Waals surface area contributed by atoms with Crippen molar-refractivity contribution in [2.75, 3.05) is 12.8 Å². The zero-order valence-corrected chi connectivity index (χ0v) is 6.77. The smallest absolute Gasteiger partial charge is 0.232 e. The third-order valence-corrected chi connectivity index (χ3v) is 3.19. The predicted octanol–water partition coefficient (Wildman–Crippen LogP) is 2.32. The quantitative estimate of drug-likeness (QED) is 0.580. The summed E-state index contributed by atoms with van der Waals surface area (Å²) in [6, 6.07) is 0. The molecule has 0 aliphatic carbocycles. The summed E-state index contributed by atoms with van der Waals surface area (Å²) in [5, 5.41) is 0. The summed E-state index contributed by atoms with van der Waals surface area (Å²) in [6.07, 6.45) is 0.343. The molecule has 0 radical (unpaired) electrons. The first-order valence-corrected chi connectivity index (χ1v) is 5.35. The van der Waals surface area contributed by atoms with Gasteiger partial charge >= 0.3 is 0 Å². The van der Waals surface area contributed by atoms with E-state index in [2.05, 4.69) is 16.3 Å². The molecule has 4 heteroatoms. The van der Waals surface area contributed by atoms with Crippen LogP contribution in [0.5, 0.6) is 0 Å². The Morgan fingerprint density at radius 2 is 2.12 bits per heavy atom. The number of rotatable bonds is 3. The molecule has 0 aromatic heterocycles. The zero-order valence-electron chi connectivity index (χ0n) is 5.06. The number of halogens is 1. The van der Waals surface area contributed by atoms with Crippen LogP contribution in [-0.4, -0.2) is 12.8 Å². The molecule has 1 atom stereocenters. The first-order valence-electron chi connectivity index (χ1n) is 2.55. The highest BCUT2D eigenvalue weighted by Gasteiger charge is 2.09. The molecule has 0 aliphatic heterocycles. The van der Waals surface area contributed by atoms with Crippen molar-refractivity contribution in [2.24, 2.45) is 0 Å². The van der Waals surface area contributed by atoms with E-state index in [1.54, 1.807) is 13.8 Å². The van der Waals surface area contributed by atoms with Crippen LogP contribution in [0.15, 0.2) is 0 Å². The lowest BCUT2D eigenvalue weighted by Gasteiger charge is -2.06. The molecule has 1 nitrogen and oxygen atoms in total. The van der Waals surface area contributed by atoms with E-state index < -0.39 is 6.58 Å². The van der Waals surface area contributed by atoms with Crippen LogP contribution in [0.1, 0.15) is 13.8 Å². The monoisotopic (exact) mass is 156 g/mol. The zero-order chi connectivity index (χ0) is 6.62. The molecular weight excluding hydrogens is 146 g/mol. The van der Waals surface area contributed by atoms with E-state index >= 15 is 0 Å². The van der Waals surface area contributed by atoms with Gasteiger partial charge in [0.25, 0.3) is 0 Å². The largest absolute Gasteiger partial charge is 0.326 e. The minimum Gasteiger partial charge on any atom is -0.326 e. The van der Waals surface area contributed by atoms with Gasteiger partial charge in [-0.05, 0) is 18.7 Å². The predicted molar refractivity (Wildman–Crippen MR) is 37.6 cm³/mol. The summed E-state index contributed by atoms with van der Waals surface area (Å²) in [5.74, 6) is 0. The van der Waals surface area contributed by atoms with Crippen LogP contribution in [-0.2, 0) is 16.3 Å². The Hall–Kier alpha value is 0.540. The number of hydrogen-bond acceptors (Lipinski definition) is 2. The molecular formula is C4H10FOPS. The van der Waals surface area contributed by atoms with Crippen molar-refractivity contribution in [2.45, 2.75) is 13.8 Å². The lowest BCUT2D eigenvalue weighted by molar-refractivity contribution is 0.354. The highest BCUT2D eigenvalue weighted by Crippen LogP contribution is 2.48. The summed E-state index contributed by atoms with van der Waals surface area (Å²) in [7, 11) is 0. The molecule has 0 heterocycles. The first kappa shape index (κ1) is 8.54. The van der Waals surface area contributed by atoms with Crippen LogP contribution in [0, 0.1) is 0 Å². The highest BCUT2D eigenvalue weighted by atomic mass is 32.5. The van der Waals surface area contributed by atoms with Crippen molar-refractivity contribution in [3.8, 4) is 0 Å². The molecule has 0 bridgehead atoms. The van der Waals surface area contributed by atoms with Gasteiger partial charge in [-0.1, -0.05) is 6.92 Å². The maximum Gasteiger partial charge on any atom is 0.232 e. The van der Waals surface area contributed by atoms with Crippen LogP contribution in [0.3, 0.4) is 0 Å². The van der Waals surface area contributed by atoms with Gasteiger partial charge in [-0.25, -0.2) is 0 Å². The summed E-state index contributed by atoms with van der Waals surface area (Å²) in [4.78, 5) is 0. The van der Waals surface area contributed by atoms with Gasteiger partial charge in [-0.15, -0.1) is 0 Å². The SMILES string of the molecule is CCOP(F)(=S)CC. The van der Waals surface area contributed by atoms with E-state index in [1.165, 1.54) is 0 Å². The standard InChI is InChI=1S/C4H10FOPS/c1-3-6-7(5,8)4-2/h3-4H2,1-2H3. The summed E-state index contributed by atoms with van der Waals surface area (Å²) in [5.41, 5.74) is 0. The second kappa shape index (κ2) is 3.54. The molecule has 0 aliphatic rings. The molecule has 8 heavy (non-hydrogen) atoms. The van der Waals surface area contributed by atoms with Crippen molar-refractivity contribution < 1.29 is 8.72 Å². The van der Waals surface area contributed by atoms with Gasteiger partial charge in [-0.3, -0.25) is 0 Å². The van der Waals surface area contributed by atoms with Gasteiger partial charge in [0, 0.05) is 6.16 Å². The van der Waals surface area contributed by atoms with E-state index in [9.17, 15) is 4.20 Å². The van der Waals surface area contributed by atoms with Crippen molar-refractivity contribution in [1.82, 2.24) is 0 Å². The van der Waals surface area contributed by atoms with E-state index in [-0.39, 0.29) is 0 Å². The molecule has 0 fully saturated rings. The average Bonchev–Trinajstić information content (AvgIpc) is 1.67. The molecule has 0 aromatic rings. The van der Waals surface area contributed by atoms with Crippen LogP contribution in [0.2, 0.25) is 0 Å². The lowest BCUT2D eigenvalue weighted by Crippen LogP contribution is -1.84. The Labute approximate surface area is 54.4 Å². The minimum atomic E-state index is -2.84. The molecule has 1 unspecified atom stereocenters. The van der Waals surface area contributed by atoms with E-state index in [4.69, 9.17) is 0 Å². The first-order chi connectivity index (χ1) is 3.62. The minimum absolute atomic E-state index is 0.343. The Kier molecular flexibility index (Phi) is 3.78. The Morgan fingerprint density at radius 3 is 2.25 bits per heavy atom. The third kappa shape index (κ3) is 3.53. The molecule has 0 rings (SSSR count). The fraction of sp³-hybridized carbons (Fsp3) is 1.00. The second-order valence-corrected chi connectivity index (χ2v) is 5.03. The second-order valence-electron chi connectivity index (χ2n) is 1.32. The number of hydrogen-bond donors (Lipinski definition) is 0. The summed E-state index contributed by atoms with van der Waals surface area (Å²) >= 11 is 4.47. The Bertz CT molecular complexity index is 106. The normalized spacial score (nSPS) is 17.9. The lowest BCUT2D eigenvalue weighted by atomic mass is 10.9. The van der Waals surface area contributed by atoms with Gasteiger partial charge < -0.3 is 4.52 Å². The van der Waals surface area contributed by atoms with Crippen molar-refractivity contribution in [3.05, 3.63) is 0 Å². The van der Waals surface area contributed by atoms with Gasteiger partial charge in [0.15, 0.2) is 0 Å². The van der Waals surface area contributed by atoms with Gasteiger partial charge in [-0.2, -0.15) is 4.20 Å². The maximum absolute atomic E-state index is 12.5.